The Morgan fingerprint density at radius 1 is 1.32 bits per heavy atom. The zero-order valence-corrected chi connectivity index (χ0v) is 13.9. The van der Waals surface area contributed by atoms with Gasteiger partial charge in [-0.2, -0.15) is 10.1 Å². The molecule has 0 spiro atoms. The maximum absolute atomic E-state index is 12.1. The predicted octanol–water partition coefficient (Wildman–Crippen LogP) is 1.22. The zero-order valence-electron chi connectivity index (χ0n) is 13.9. The monoisotopic (exact) mass is 340 g/mol. The Kier molecular flexibility index (Phi) is 4.29. The molecule has 3 aromatic rings. The first kappa shape index (κ1) is 16.4. The average molecular weight is 340 g/mol. The second-order valence-corrected chi connectivity index (χ2v) is 5.31. The van der Waals surface area contributed by atoms with Gasteiger partial charge in [-0.05, 0) is 38.1 Å². The number of aryl methyl sites for hydroxylation is 2. The molecular weight excluding hydrogens is 324 g/mol. The second kappa shape index (κ2) is 6.56. The van der Waals surface area contributed by atoms with Crippen LogP contribution in [0.15, 0.2) is 29.4 Å². The van der Waals surface area contributed by atoms with E-state index < -0.39 is 5.91 Å². The van der Waals surface area contributed by atoms with Gasteiger partial charge in [-0.25, -0.2) is 14.9 Å². The highest BCUT2D eigenvalue weighted by Gasteiger charge is 2.14. The molecule has 2 heterocycles. The van der Waals surface area contributed by atoms with E-state index in [1.165, 1.54) is 23.9 Å². The van der Waals surface area contributed by atoms with E-state index >= 15 is 0 Å². The molecular formula is C16H16N6O3. The topological polar surface area (TPSA) is 114 Å². The van der Waals surface area contributed by atoms with E-state index in [2.05, 4.69) is 25.6 Å². The minimum atomic E-state index is -0.582. The van der Waals surface area contributed by atoms with Gasteiger partial charge in [-0.3, -0.25) is 4.79 Å². The quantitative estimate of drug-likeness (QED) is 0.545. The summed E-state index contributed by atoms with van der Waals surface area (Å²) in [6, 6.07) is 6.52. The molecule has 128 valence electrons. The molecule has 0 atom stereocenters. The van der Waals surface area contributed by atoms with Crippen LogP contribution in [0.2, 0.25) is 0 Å². The van der Waals surface area contributed by atoms with Gasteiger partial charge in [-0.1, -0.05) is 0 Å². The van der Waals surface area contributed by atoms with Gasteiger partial charge >= 0.3 is 5.91 Å². The summed E-state index contributed by atoms with van der Waals surface area (Å²) in [4.78, 5) is 20.4. The van der Waals surface area contributed by atoms with Crippen molar-refractivity contribution < 1.29 is 14.6 Å². The van der Waals surface area contributed by atoms with E-state index in [0.717, 1.165) is 11.4 Å². The van der Waals surface area contributed by atoms with E-state index in [1.54, 1.807) is 12.1 Å². The number of ether oxygens (including phenoxy) is 1. The minimum absolute atomic E-state index is 0.0138. The number of nitrogens with zero attached hydrogens (tertiary/aromatic N) is 5. The molecule has 0 fully saturated rings. The molecule has 9 nitrogen and oxygen atoms in total. The average Bonchev–Trinajstić information content (AvgIpc) is 3.01. The van der Waals surface area contributed by atoms with Crippen molar-refractivity contribution in [3.8, 4) is 11.5 Å². The fourth-order valence-corrected chi connectivity index (χ4v) is 2.24. The lowest BCUT2D eigenvalue weighted by Crippen LogP contribution is -2.19. The third kappa shape index (κ3) is 3.39. The number of carbonyl (C=O) groups excluding carboxylic acids is 1. The number of hydrogen-bond donors (Lipinski definition) is 2. The van der Waals surface area contributed by atoms with Gasteiger partial charge in [0.15, 0.2) is 0 Å². The van der Waals surface area contributed by atoms with Gasteiger partial charge in [-0.15, -0.1) is 5.10 Å². The molecule has 0 radical (unpaired) electrons. The van der Waals surface area contributed by atoms with Crippen molar-refractivity contribution in [2.75, 3.05) is 7.11 Å². The van der Waals surface area contributed by atoms with Gasteiger partial charge in [0.25, 0.3) is 5.78 Å². The maximum Gasteiger partial charge on any atom is 0.311 e. The molecule has 1 amide bonds. The highest BCUT2D eigenvalue weighted by molar-refractivity contribution is 5.92. The lowest BCUT2D eigenvalue weighted by Gasteiger charge is -2.02. The maximum atomic E-state index is 12.1. The van der Waals surface area contributed by atoms with Crippen molar-refractivity contribution in [1.82, 2.24) is 25.0 Å². The summed E-state index contributed by atoms with van der Waals surface area (Å²) >= 11 is 0. The smallest absolute Gasteiger partial charge is 0.311 e. The largest absolute Gasteiger partial charge is 0.507 e. The summed E-state index contributed by atoms with van der Waals surface area (Å²) in [6.07, 6.45) is 1.30. The molecule has 0 aliphatic carbocycles. The summed E-state index contributed by atoms with van der Waals surface area (Å²) in [6.45, 7) is 3.69. The zero-order chi connectivity index (χ0) is 18.0. The molecule has 0 aliphatic rings. The van der Waals surface area contributed by atoms with Crippen molar-refractivity contribution in [2.24, 2.45) is 5.10 Å². The second-order valence-electron chi connectivity index (χ2n) is 5.31. The minimum Gasteiger partial charge on any atom is -0.507 e. The van der Waals surface area contributed by atoms with Crippen molar-refractivity contribution in [3.05, 3.63) is 47.0 Å². The van der Waals surface area contributed by atoms with Crippen LogP contribution in [-0.2, 0) is 0 Å². The van der Waals surface area contributed by atoms with Crippen LogP contribution in [0.1, 0.15) is 27.6 Å². The van der Waals surface area contributed by atoms with E-state index in [1.807, 2.05) is 19.9 Å². The first-order chi connectivity index (χ1) is 12.0. The van der Waals surface area contributed by atoms with Gasteiger partial charge in [0.05, 0.1) is 13.3 Å². The van der Waals surface area contributed by atoms with Crippen molar-refractivity contribution in [1.29, 1.82) is 0 Å². The molecule has 0 unspecified atom stereocenters. The number of phenolic OH excluding ortho intramolecular Hbond substituents is 1. The Hall–Kier alpha value is -3.49. The first-order valence-electron chi connectivity index (χ1n) is 7.39. The molecule has 1 aromatic carbocycles. The molecule has 0 saturated heterocycles. The molecule has 25 heavy (non-hydrogen) atoms. The molecule has 2 aromatic heterocycles. The lowest BCUT2D eigenvalue weighted by molar-refractivity contribution is 0.0945. The van der Waals surface area contributed by atoms with E-state index in [0.29, 0.717) is 17.1 Å². The van der Waals surface area contributed by atoms with Gasteiger partial charge in [0, 0.05) is 17.0 Å². The Balaban J connectivity index is 1.78. The van der Waals surface area contributed by atoms with Crippen LogP contribution >= 0.6 is 0 Å². The number of phenols is 1. The summed E-state index contributed by atoms with van der Waals surface area (Å²) in [5, 5.41) is 17.7. The van der Waals surface area contributed by atoms with Crippen LogP contribution < -0.4 is 10.2 Å². The molecule has 3 rings (SSSR count). The number of amides is 1. The Bertz CT molecular complexity index is 979. The number of hydrazone groups is 1. The van der Waals surface area contributed by atoms with Crippen molar-refractivity contribution in [3.63, 3.8) is 0 Å². The number of nitrogens with one attached hydrogen (secondary N) is 1. The van der Waals surface area contributed by atoms with Crippen LogP contribution in [0.4, 0.5) is 0 Å². The lowest BCUT2D eigenvalue weighted by atomic mass is 10.2. The first-order valence-corrected chi connectivity index (χ1v) is 7.39. The third-order valence-corrected chi connectivity index (χ3v) is 3.43. The van der Waals surface area contributed by atoms with Gasteiger partial charge < -0.3 is 9.84 Å². The SMILES string of the molecule is COc1ccc(O)c(/C=N\NC(=O)c2nc3nc(C)cc(C)n3n2)c1. The predicted molar refractivity (Wildman–Crippen MR) is 90.0 cm³/mol. The number of methoxy groups -OCH3 is 1. The number of carbonyl (C=O) groups is 1. The summed E-state index contributed by atoms with van der Waals surface area (Å²) in [5.74, 6) is 0.288. The summed E-state index contributed by atoms with van der Waals surface area (Å²) in [7, 11) is 1.52. The molecule has 0 bridgehead atoms. The van der Waals surface area contributed by atoms with Crippen molar-refractivity contribution in [2.45, 2.75) is 13.8 Å². The Morgan fingerprint density at radius 3 is 2.88 bits per heavy atom. The van der Waals surface area contributed by atoms with Crippen LogP contribution in [-0.4, -0.2) is 43.9 Å². The fourth-order valence-electron chi connectivity index (χ4n) is 2.24. The van der Waals surface area contributed by atoms with Crippen LogP contribution in [0.3, 0.4) is 0 Å². The van der Waals surface area contributed by atoms with Crippen LogP contribution in [0.25, 0.3) is 5.78 Å². The number of fused-ring (bicyclic) bond motifs is 1. The summed E-state index contributed by atoms with van der Waals surface area (Å²) < 4.78 is 6.56. The number of hydrogen-bond acceptors (Lipinski definition) is 7. The standard InChI is InChI=1S/C16H16N6O3/c1-9-6-10(2)22-16(18-9)19-14(21-22)15(24)20-17-8-11-7-12(25-3)4-5-13(11)23/h4-8,23H,1-3H3,(H,20,24)/b17-8-. The number of aromatic hydroxyl groups is 1. The van der Waals surface area contributed by atoms with Crippen LogP contribution in [0.5, 0.6) is 11.5 Å². The van der Waals surface area contributed by atoms with Gasteiger partial charge in [0.1, 0.15) is 11.5 Å². The Morgan fingerprint density at radius 2 is 2.12 bits per heavy atom. The van der Waals surface area contributed by atoms with Crippen LogP contribution in [0, 0.1) is 13.8 Å². The molecule has 9 heteroatoms. The highest BCUT2D eigenvalue weighted by Crippen LogP contribution is 2.20. The number of benzene rings is 1. The highest BCUT2D eigenvalue weighted by atomic mass is 16.5. The molecule has 2 N–H and O–H groups in total. The number of aromatic nitrogens is 4. The summed E-state index contributed by atoms with van der Waals surface area (Å²) in [5.41, 5.74) is 4.32. The fraction of sp³-hybridized carbons (Fsp3) is 0.188. The van der Waals surface area contributed by atoms with E-state index in [-0.39, 0.29) is 11.6 Å². The normalized spacial score (nSPS) is 11.2. The van der Waals surface area contributed by atoms with Gasteiger partial charge in [0.2, 0.25) is 5.82 Å². The molecule has 0 saturated carbocycles. The van der Waals surface area contributed by atoms with E-state index in [4.69, 9.17) is 4.74 Å². The Labute approximate surface area is 143 Å². The van der Waals surface area contributed by atoms with E-state index in [9.17, 15) is 9.90 Å². The molecule has 0 aliphatic heterocycles. The third-order valence-electron chi connectivity index (χ3n) is 3.43. The number of rotatable bonds is 4. The van der Waals surface area contributed by atoms with Crippen molar-refractivity contribution >= 4 is 17.9 Å².